The predicted molar refractivity (Wildman–Crippen MR) is 74.8 cm³/mol. The van der Waals surface area contributed by atoms with E-state index in [0.717, 1.165) is 19.5 Å². The van der Waals surface area contributed by atoms with Crippen molar-refractivity contribution in [3.05, 3.63) is 0 Å². The molecule has 0 aliphatic carbocycles. The van der Waals surface area contributed by atoms with Crippen molar-refractivity contribution in [3.63, 3.8) is 0 Å². The maximum atomic E-state index is 11.8. The highest BCUT2D eigenvalue weighted by Crippen LogP contribution is 2.15. The van der Waals surface area contributed by atoms with Gasteiger partial charge in [-0.1, -0.05) is 6.42 Å². The Hall–Kier alpha value is -1.14. The second kappa shape index (κ2) is 8.87. The predicted octanol–water partition coefficient (Wildman–Crippen LogP) is -0.687. The zero-order valence-electron chi connectivity index (χ0n) is 12.0. The summed E-state index contributed by atoms with van der Waals surface area (Å²) in [4.78, 5) is 24.7. The Morgan fingerprint density at radius 3 is 2.63 bits per heavy atom. The third-order valence-electron chi connectivity index (χ3n) is 3.36. The van der Waals surface area contributed by atoms with E-state index >= 15 is 0 Å². The van der Waals surface area contributed by atoms with Crippen LogP contribution in [0, 0.1) is 0 Å². The molecule has 0 saturated carbocycles. The van der Waals surface area contributed by atoms with Gasteiger partial charge in [-0.15, -0.1) is 0 Å². The van der Waals surface area contributed by atoms with E-state index in [-0.39, 0.29) is 11.8 Å². The van der Waals surface area contributed by atoms with Gasteiger partial charge in [-0.3, -0.25) is 14.5 Å². The largest absolute Gasteiger partial charge is 0.355 e. The minimum Gasteiger partial charge on any atom is -0.355 e. The number of likely N-dealkylation sites (tertiary alicyclic amines) is 1. The number of rotatable bonds is 7. The summed E-state index contributed by atoms with van der Waals surface area (Å²) in [7, 11) is 1.94. The fourth-order valence-electron chi connectivity index (χ4n) is 2.42. The summed E-state index contributed by atoms with van der Waals surface area (Å²) in [5.74, 6) is -0.0345. The van der Waals surface area contributed by atoms with Crippen LogP contribution in [-0.2, 0) is 9.59 Å². The molecule has 1 aliphatic rings. The van der Waals surface area contributed by atoms with E-state index in [1.807, 2.05) is 7.05 Å². The summed E-state index contributed by atoms with van der Waals surface area (Å²) in [6.45, 7) is 4.82. The smallest absolute Gasteiger partial charge is 0.234 e. The van der Waals surface area contributed by atoms with Gasteiger partial charge < -0.3 is 16.0 Å². The standard InChI is InChI=1S/C13H26N4O2/c1-11(18)15-6-7-16-13(19)10-17-8-4-3-5-12(17)9-14-2/h12,14H,3-10H2,1-2H3,(H,15,18)(H,16,19). The zero-order valence-corrected chi connectivity index (χ0v) is 12.0. The number of carbonyl (C=O) groups is 2. The highest BCUT2D eigenvalue weighted by molar-refractivity contribution is 5.78. The van der Waals surface area contributed by atoms with Crippen molar-refractivity contribution < 1.29 is 9.59 Å². The number of hydrogen-bond acceptors (Lipinski definition) is 4. The van der Waals surface area contributed by atoms with E-state index in [4.69, 9.17) is 0 Å². The molecule has 1 unspecified atom stereocenters. The van der Waals surface area contributed by atoms with Gasteiger partial charge in [0.2, 0.25) is 11.8 Å². The first kappa shape index (κ1) is 15.9. The normalized spacial score (nSPS) is 20.0. The first-order valence-electron chi connectivity index (χ1n) is 7.03. The Morgan fingerprint density at radius 1 is 1.21 bits per heavy atom. The number of nitrogens with zero attached hydrogens (tertiary/aromatic N) is 1. The second-order valence-electron chi connectivity index (χ2n) is 5.01. The molecule has 2 amide bonds. The molecular formula is C13H26N4O2. The van der Waals surface area contributed by atoms with Crippen LogP contribution in [0.3, 0.4) is 0 Å². The summed E-state index contributed by atoms with van der Waals surface area (Å²) in [6.07, 6.45) is 3.56. The van der Waals surface area contributed by atoms with Gasteiger partial charge in [0, 0.05) is 32.6 Å². The van der Waals surface area contributed by atoms with E-state index in [2.05, 4.69) is 20.9 Å². The van der Waals surface area contributed by atoms with Gasteiger partial charge in [0.15, 0.2) is 0 Å². The van der Waals surface area contributed by atoms with E-state index in [0.29, 0.717) is 25.7 Å². The zero-order chi connectivity index (χ0) is 14.1. The van der Waals surface area contributed by atoms with Crippen LogP contribution in [0.15, 0.2) is 0 Å². The second-order valence-corrected chi connectivity index (χ2v) is 5.01. The first-order valence-corrected chi connectivity index (χ1v) is 7.03. The average Bonchev–Trinajstić information content (AvgIpc) is 2.37. The summed E-state index contributed by atoms with van der Waals surface area (Å²) in [5, 5.41) is 8.67. The van der Waals surface area contributed by atoms with Crippen LogP contribution in [0.5, 0.6) is 0 Å². The van der Waals surface area contributed by atoms with Gasteiger partial charge in [0.25, 0.3) is 0 Å². The number of amides is 2. The number of nitrogens with one attached hydrogen (secondary N) is 3. The Balaban J connectivity index is 2.23. The number of piperidine rings is 1. The Labute approximate surface area is 115 Å². The molecule has 0 aromatic heterocycles. The van der Waals surface area contributed by atoms with E-state index in [1.54, 1.807) is 0 Å². The van der Waals surface area contributed by atoms with Gasteiger partial charge >= 0.3 is 0 Å². The summed E-state index contributed by atoms with van der Waals surface area (Å²) >= 11 is 0. The molecule has 0 spiro atoms. The molecule has 1 rings (SSSR count). The monoisotopic (exact) mass is 270 g/mol. The lowest BCUT2D eigenvalue weighted by molar-refractivity contribution is -0.123. The van der Waals surface area contributed by atoms with Crippen molar-refractivity contribution >= 4 is 11.8 Å². The number of likely N-dealkylation sites (N-methyl/N-ethyl adjacent to an activating group) is 1. The molecule has 1 aliphatic heterocycles. The quantitative estimate of drug-likeness (QED) is 0.536. The van der Waals surface area contributed by atoms with Gasteiger partial charge in [-0.25, -0.2) is 0 Å². The van der Waals surface area contributed by atoms with Crippen LogP contribution < -0.4 is 16.0 Å². The van der Waals surface area contributed by atoms with Crippen LogP contribution in [0.25, 0.3) is 0 Å². The summed E-state index contributed by atoms with van der Waals surface area (Å²) < 4.78 is 0. The fourth-order valence-corrected chi connectivity index (χ4v) is 2.42. The lowest BCUT2D eigenvalue weighted by Gasteiger charge is -2.35. The maximum Gasteiger partial charge on any atom is 0.234 e. The molecule has 1 atom stereocenters. The van der Waals surface area contributed by atoms with E-state index in [1.165, 1.54) is 19.8 Å². The van der Waals surface area contributed by atoms with Crippen LogP contribution in [-0.4, -0.2) is 62.5 Å². The molecule has 1 fully saturated rings. The lowest BCUT2D eigenvalue weighted by Crippen LogP contribution is -2.49. The van der Waals surface area contributed by atoms with Gasteiger partial charge in [-0.05, 0) is 26.4 Å². The maximum absolute atomic E-state index is 11.8. The van der Waals surface area contributed by atoms with Crippen LogP contribution in [0.2, 0.25) is 0 Å². The van der Waals surface area contributed by atoms with Crippen molar-refractivity contribution in [3.8, 4) is 0 Å². The van der Waals surface area contributed by atoms with Gasteiger partial charge in [0.05, 0.1) is 6.54 Å². The molecule has 0 aromatic rings. The lowest BCUT2D eigenvalue weighted by atomic mass is 10.0. The molecule has 0 bridgehead atoms. The topological polar surface area (TPSA) is 73.5 Å². The molecule has 1 heterocycles. The molecule has 0 aromatic carbocycles. The van der Waals surface area contributed by atoms with Gasteiger partial charge in [-0.2, -0.15) is 0 Å². The van der Waals surface area contributed by atoms with E-state index < -0.39 is 0 Å². The Bertz CT molecular complexity index is 294. The molecule has 3 N–H and O–H groups in total. The van der Waals surface area contributed by atoms with Crippen molar-refractivity contribution in [2.45, 2.75) is 32.2 Å². The third kappa shape index (κ3) is 6.54. The molecule has 1 saturated heterocycles. The first-order chi connectivity index (χ1) is 9.13. The molecular weight excluding hydrogens is 244 g/mol. The van der Waals surface area contributed by atoms with Crippen molar-refractivity contribution in [1.82, 2.24) is 20.9 Å². The molecule has 19 heavy (non-hydrogen) atoms. The van der Waals surface area contributed by atoms with Crippen LogP contribution in [0.1, 0.15) is 26.2 Å². The van der Waals surface area contributed by atoms with Crippen molar-refractivity contribution in [1.29, 1.82) is 0 Å². The van der Waals surface area contributed by atoms with E-state index in [9.17, 15) is 9.59 Å². The third-order valence-corrected chi connectivity index (χ3v) is 3.36. The SMILES string of the molecule is CNCC1CCCCN1CC(=O)NCCNC(C)=O. The minimum atomic E-state index is -0.0700. The number of hydrogen-bond donors (Lipinski definition) is 3. The molecule has 110 valence electrons. The highest BCUT2D eigenvalue weighted by Gasteiger charge is 2.23. The molecule has 6 heteroatoms. The summed E-state index contributed by atoms with van der Waals surface area (Å²) in [6, 6.07) is 0.458. The minimum absolute atomic E-state index is 0.0355. The Morgan fingerprint density at radius 2 is 1.95 bits per heavy atom. The molecule has 0 radical (unpaired) electrons. The Kier molecular flexibility index (Phi) is 7.43. The fraction of sp³-hybridized carbons (Fsp3) is 0.846. The average molecular weight is 270 g/mol. The molecule has 6 nitrogen and oxygen atoms in total. The highest BCUT2D eigenvalue weighted by atomic mass is 16.2. The van der Waals surface area contributed by atoms with Crippen molar-refractivity contribution in [2.24, 2.45) is 0 Å². The van der Waals surface area contributed by atoms with Gasteiger partial charge in [0.1, 0.15) is 0 Å². The van der Waals surface area contributed by atoms with Crippen LogP contribution in [0.4, 0.5) is 0 Å². The summed E-state index contributed by atoms with van der Waals surface area (Å²) in [5.41, 5.74) is 0. The van der Waals surface area contributed by atoms with Crippen LogP contribution >= 0.6 is 0 Å². The number of carbonyl (C=O) groups excluding carboxylic acids is 2. The van der Waals surface area contributed by atoms with Crippen molar-refractivity contribution in [2.75, 3.05) is 39.8 Å².